The van der Waals surface area contributed by atoms with Crippen LogP contribution in [-0.4, -0.2) is 33.9 Å². The lowest BCUT2D eigenvalue weighted by Crippen LogP contribution is -2.36. The van der Waals surface area contributed by atoms with Gasteiger partial charge in [-0.2, -0.15) is 0 Å². The first-order valence-electron chi connectivity index (χ1n) is 9.47. The molecule has 0 radical (unpaired) electrons. The van der Waals surface area contributed by atoms with Crippen LogP contribution < -0.4 is 5.73 Å². The van der Waals surface area contributed by atoms with Gasteiger partial charge in [0.25, 0.3) is 0 Å². The molecule has 2 aromatic carbocycles. The van der Waals surface area contributed by atoms with Crippen LogP contribution >= 0.6 is 0 Å². The zero-order chi connectivity index (χ0) is 18.8. The SMILES string of the molecule is CN(C(=O)Cc1cccc(-c2ccc3ncnc(N)c3c2)c1)C1CCCC1. The van der Waals surface area contributed by atoms with Crippen LogP contribution in [0.2, 0.25) is 0 Å². The van der Waals surface area contributed by atoms with Gasteiger partial charge in [-0.3, -0.25) is 4.79 Å². The minimum absolute atomic E-state index is 0.190. The number of nitrogen functional groups attached to an aromatic ring is 1. The first-order chi connectivity index (χ1) is 13.1. The Morgan fingerprint density at radius 3 is 2.70 bits per heavy atom. The summed E-state index contributed by atoms with van der Waals surface area (Å²) in [6.07, 6.45) is 6.62. The highest BCUT2D eigenvalue weighted by molar-refractivity contribution is 5.91. The smallest absolute Gasteiger partial charge is 0.226 e. The Hall–Kier alpha value is -2.95. The zero-order valence-electron chi connectivity index (χ0n) is 15.6. The zero-order valence-corrected chi connectivity index (χ0v) is 15.6. The average Bonchev–Trinajstić information content (AvgIpc) is 3.22. The molecule has 0 spiro atoms. The number of carbonyl (C=O) groups excluding carboxylic acids is 1. The fourth-order valence-corrected chi connectivity index (χ4v) is 3.91. The fourth-order valence-electron chi connectivity index (χ4n) is 3.91. The molecule has 27 heavy (non-hydrogen) atoms. The molecule has 0 bridgehead atoms. The van der Waals surface area contributed by atoms with Crippen molar-refractivity contribution in [3.05, 3.63) is 54.4 Å². The molecule has 138 valence electrons. The molecule has 4 rings (SSSR count). The third-order valence-electron chi connectivity index (χ3n) is 5.55. The lowest BCUT2D eigenvalue weighted by molar-refractivity contribution is -0.131. The van der Waals surface area contributed by atoms with Gasteiger partial charge in [0.2, 0.25) is 5.91 Å². The predicted molar refractivity (Wildman–Crippen MR) is 108 cm³/mol. The fraction of sp³-hybridized carbons (Fsp3) is 0.318. The molecule has 1 amide bonds. The van der Waals surface area contributed by atoms with E-state index in [0.717, 1.165) is 40.4 Å². The van der Waals surface area contributed by atoms with Crippen molar-refractivity contribution in [3.63, 3.8) is 0 Å². The monoisotopic (exact) mass is 360 g/mol. The molecule has 1 heterocycles. The van der Waals surface area contributed by atoms with Crippen LogP contribution in [0.1, 0.15) is 31.2 Å². The van der Waals surface area contributed by atoms with Gasteiger partial charge in [-0.25, -0.2) is 9.97 Å². The van der Waals surface area contributed by atoms with Crippen molar-refractivity contribution in [1.29, 1.82) is 0 Å². The van der Waals surface area contributed by atoms with E-state index in [-0.39, 0.29) is 5.91 Å². The van der Waals surface area contributed by atoms with Crippen molar-refractivity contribution in [1.82, 2.24) is 14.9 Å². The second kappa shape index (κ2) is 7.35. The standard InChI is InChI=1S/C22H24N4O/c1-26(18-7-2-3-8-18)21(27)12-15-5-4-6-16(11-15)17-9-10-20-19(13-17)22(23)25-14-24-20/h4-6,9-11,13-14,18H,2-3,7-8,12H2,1H3,(H2,23,24,25). The van der Waals surface area contributed by atoms with Crippen molar-refractivity contribution in [3.8, 4) is 11.1 Å². The minimum Gasteiger partial charge on any atom is -0.383 e. The number of likely N-dealkylation sites (N-methyl/N-ethyl adjacent to an activating group) is 1. The second-order valence-corrected chi connectivity index (χ2v) is 7.31. The predicted octanol–water partition coefficient (Wildman–Crippen LogP) is 3.82. The van der Waals surface area contributed by atoms with E-state index in [0.29, 0.717) is 18.3 Å². The van der Waals surface area contributed by atoms with Gasteiger partial charge in [0.15, 0.2) is 0 Å². The maximum absolute atomic E-state index is 12.7. The molecule has 1 aromatic heterocycles. The minimum atomic E-state index is 0.190. The number of nitrogens with two attached hydrogens (primary N) is 1. The molecule has 0 unspecified atom stereocenters. The molecule has 2 N–H and O–H groups in total. The molecule has 5 nitrogen and oxygen atoms in total. The summed E-state index contributed by atoms with van der Waals surface area (Å²) in [6, 6.07) is 14.6. The molecule has 1 aliphatic carbocycles. The summed E-state index contributed by atoms with van der Waals surface area (Å²) in [5.74, 6) is 0.668. The van der Waals surface area contributed by atoms with Gasteiger partial charge < -0.3 is 10.6 Å². The van der Waals surface area contributed by atoms with Crippen LogP contribution in [0, 0.1) is 0 Å². The summed E-state index contributed by atoms with van der Waals surface area (Å²) < 4.78 is 0. The van der Waals surface area contributed by atoms with E-state index in [1.807, 2.05) is 42.3 Å². The van der Waals surface area contributed by atoms with Crippen LogP contribution in [0.25, 0.3) is 22.0 Å². The van der Waals surface area contributed by atoms with Crippen molar-refractivity contribution in [2.24, 2.45) is 0 Å². The first kappa shape index (κ1) is 17.5. The Balaban J connectivity index is 1.57. The Labute approximate surface area is 159 Å². The number of benzene rings is 2. The van der Waals surface area contributed by atoms with Crippen LogP contribution in [0.3, 0.4) is 0 Å². The van der Waals surface area contributed by atoms with Gasteiger partial charge in [0, 0.05) is 18.5 Å². The number of amides is 1. The van der Waals surface area contributed by atoms with Gasteiger partial charge in [0.05, 0.1) is 11.9 Å². The largest absolute Gasteiger partial charge is 0.383 e. The topological polar surface area (TPSA) is 72.1 Å². The summed E-state index contributed by atoms with van der Waals surface area (Å²) >= 11 is 0. The Morgan fingerprint density at radius 1 is 1.11 bits per heavy atom. The Morgan fingerprint density at radius 2 is 1.89 bits per heavy atom. The quantitative estimate of drug-likeness (QED) is 0.768. The van der Waals surface area contributed by atoms with Crippen molar-refractivity contribution >= 4 is 22.6 Å². The lowest BCUT2D eigenvalue weighted by Gasteiger charge is -2.24. The van der Waals surface area contributed by atoms with Crippen LogP contribution in [0.4, 0.5) is 5.82 Å². The number of anilines is 1. The lowest BCUT2D eigenvalue weighted by atomic mass is 10.00. The van der Waals surface area contributed by atoms with Crippen LogP contribution in [0.5, 0.6) is 0 Å². The summed E-state index contributed by atoms with van der Waals surface area (Å²) in [7, 11) is 1.94. The number of carbonyl (C=O) groups is 1. The summed E-state index contributed by atoms with van der Waals surface area (Å²) in [5.41, 5.74) is 9.96. The highest BCUT2D eigenvalue weighted by Gasteiger charge is 2.23. The highest BCUT2D eigenvalue weighted by Crippen LogP contribution is 2.27. The number of aromatic nitrogens is 2. The molecular formula is C22H24N4O. The highest BCUT2D eigenvalue weighted by atomic mass is 16.2. The first-order valence-corrected chi connectivity index (χ1v) is 9.47. The van der Waals surface area contributed by atoms with E-state index < -0.39 is 0 Å². The number of fused-ring (bicyclic) bond motifs is 1. The van der Waals surface area contributed by atoms with Gasteiger partial charge in [0.1, 0.15) is 12.1 Å². The molecular weight excluding hydrogens is 336 g/mol. The van der Waals surface area contributed by atoms with Gasteiger partial charge in [-0.1, -0.05) is 43.2 Å². The van der Waals surface area contributed by atoms with Crippen molar-refractivity contribution < 1.29 is 4.79 Å². The van der Waals surface area contributed by atoms with E-state index in [4.69, 9.17) is 5.73 Å². The molecule has 3 aromatic rings. The number of nitrogens with zero attached hydrogens (tertiary/aromatic N) is 3. The summed E-state index contributed by atoms with van der Waals surface area (Å²) in [4.78, 5) is 22.9. The molecule has 1 saturated carbocycles. The Bertz CT molecular complexity index is 979. The van der Waals surface area contributed by atoms with Crippen LogP contribution in [0.15, 0.2) is 48.8 Å². The third-order valence-corrected chi connectivity index (χ3v) is 5.55. The maximum Gasteiger partial charge on any atom is 0.226 e. The summed E-state index contributed by atoms with van der Waals surface area (Å²) in [5, 5.41) is 0.845. The summed E-state index contributed by atoms with van der Waals surface area (Å²) in [6.45, 7) is 0. The molecule has 1 aliphatic rings. The number of hydrogen-bond donors (Lipinski definition) is 1. The number of rotatable bonds is 4. The van der Waals surface area contributed by atoms with Crippen LogP contribution in [-0.2, 0) is 11.2 Å². The number of hydrogen-bond acceptors (Lipinski definition) is 4. The molecule has 5 heteroatoms. The van der Waals surface area contributed by atoms with Crippen molar-refractivity contribution in [2.75, 3.05) is 12.8 Å². The third kappa shape index (κ3) is 3.63. The molecule has 0 atom stereocenters. The van der Waals surface area contributed by atoms with E-state index in [2.05, 4.69) is 22.1 Å². The molecule has 0 aliphatic heterocycles. The van der Waals surface area contributed by atoms with E-state index in [1.54, 1.807) is 0 Å². The van der Waals surface area contributed by atoms with Crippen molar-refractivity contribution in [2.45, 2.75) is 38.1 Å². The maximum atomic E-state index is 12.7. The van der Waals surface area contributed by atoms with Gasteiger partial charge >= 0.3 is 0 Å². The van der Waals surface area contributed by atoms with E-state index in [9.17, 15) is 4.79 Å². The Kier molecular flexibility index (Phi) is 4.75. The average molecular weight is 360 g/mol. The van der Waals surface area contributed by atoms with Gasteiger partial charge in [-0.15, -0.1) is 0 Å². The van der Waals surface area contributed by atoms with E-state index >= 15 is 0 Å². The van der Waals surface area contributed by atoms with Gasteiger partial charge in [-0.05, 0) is 41.7 Å². The molecule has 1 fully saturated rings. The molecule has 0 saturated heterocycles. The van der Waals surface area contributed by atoms with E-state index in [1.165, 1.54) is 19.2 Å². The second-order valence-electron chi connectivity index (χ2n) is 7.31. The normalized spacial score (nSPS) is 14.6.